The van der Waals surface area contributed by atoms with E-state index in [2.05, 4.69) is 0 Å². The van der Waals surface area contributed by atoms with Crippen molar-refractivity contribution in [3.05, 3.63) is 22.7 Å². The SMILES string of the molecule is O=S(=O)(Cl)c1c(O)cc(F)c(Cl)c1F. The number of hydrogen-bond acceptors (Lipinski definition) is 3. The highest BCUT2D eigenvalue weighted by atomic mass is 35.7. The molecule has 14 heavy (non-hydrogen) atoms. The molecule has 78 valence electrons. The molecule has 0 radical (unpaired) electrons. The first kappa shape index (κ1) is 11.5. The molecular weight excluding hydrogens is 261 g/mol. The molecular formula is C6H2Cl2F2O3S. The van der Waals surface area contributed by atoms with Crippen LogP contribution in [0.2, 0.25) is 5.02 Å². The summed E-state index contributed by atoms with van der Waals surface area (Å²) in [6.45, 7) is 0. The van der Waals surface area contributed by atoms with Crippen molar-refractivity contribution in [2.45, 2.75) is 4.90 Å². The lowest BCUT2D eigenvalue weighted by Crippen LogP contribution is -1.98. The molecule has 1 N–H and O–H groups in total. The van der Waals surface area contributed by atoms with E-state index in [1.165, 1.54) is 0 Å². The minimum Gasteiger partial charge on any atom is -0.506 e. The van der Waals surface area contributed by atoms with Gasteiger partial charge in [0, 0.05) is 16.7 Å². The van der Waals surface area contributed by atoms with Gasteiger partial charge in [0.15, 0.2) is 10.7 Å². The number of phenolic OH excluding ortho intramolecular Hbond substituents is 1. The molecule has 0 spiro atoms. The fourth-order valence-electron chi connectivity index (χ4n) is 0.798. The smallest absolute Gasteiger partial charge is 0.267 e. The fraction of sp³-hybridized carbons (Fsp3) is 0. The zero-order valence-electron chi connectivity index (χ0n) is 6.26. The van der Waals surface area contributed by atoms with E-state index in [-0.39, 0.29) is 0 Å². The second-order valence-corrected chi connectivity index (χ2v) is 5.15. The maximum absolute atomic E-state index is 13.0. The zero-order valence-corrected chi connectivity index (χ0v) is 8.59. The molecule has 1 aromatic carbocycles. The third kappa shape index (κ3) is 1.92. The summed E-state index contributed by atoms with van der Waals surface area (Å²) in [7, 11) is 0.277. The van der Waals surface area contributed by atoms with Gasteiger partial charge in [0.05, 0.1) is 0 Å². The first-order chi connectivity index (χ1) is 6.25. The Balaban J connectivity index is 3.70. The van der Waals surface area contributed by atoms with Crippen LogP contribution in [-0.4, -0.2) is 13.5 Å². The van der Waals surface area contributed by atoms with E-state index in [1.54, 1.807) is 0 Å². The van der Waals surface area contributed by atoms with E-state index < -0.39 is 36.4 Å². The van der Waals surface area contributed by atoms with Gasteiger partial charge in [0.2, 0.25) is 0 Å². The molecule has 3 nitrogen and oxygen atoms in total. The lowest BCUT2D eigenvalue weighted by atomic mass is 10.3. The Hall–Kier alpha value is -0.590. The number of hydrogen-bond donors (Lipinski definition) is 1. The topological polar surface area (TPSA) is 54.4 Å². The van der Waals surface area contributed by atoms with Crippen molar-refractivity contribution in [1.82, 2.24) is 0 Å². The minimum atomic E-state index is -4.51. The van der Waals surface area contributed by atoms with Gasteiger partial charge in [-0.3, -0.25) is 0 Å². The normalized spacial score (nSPS) is 11.7. The highest BCUT2D eigenvalue weighted by Crippen LogP contribution is 2.34. The van der Waals surface area contributed by atoms with Crippen molar-refractivity contribution in [2.75, 3.05) is 0 Å². The predicted octanol–water partition coefficient (Wildman–Crippen LogP) is 2.25. The lowest BCUT2D eigenvalue weighted by Gasteiger charge is -2.04. The van der Waals surface area contributed by atoms with Gasteiger partial charge in [-0.2, -0.15) is 0 Å². The Kier molecular flexibility index (Phi) is 2.89. The second kappa shape index (κ2) is 3.52. The highest BCUT2D eigenvalue weighted by molar-refractivity contribution is 8.13. The third-order valence-corrected chi connectivity index (χ3v) is 3.03. The Bertz CT molecular complexity index is 486. The predicted molar refractivity (Wildman–Crippen MR) is 46.1 cm³/mol. The molecule has 0 fully saturated rings. The van der Waals surface area contributed by atoms with Crippen LogP contribution in [0.1, 0.15) is 0 Å². The van der Waals surface area contributed by atoms with E-state index in [9.17, 15) is 17.2 Å². The van der Waals surface area contributed by atoms with Crippen molar-refractivity contribution in [3.63, 3.8) is 0 Å². The quantitative estimate of drug-likeness (QED) is 0.624. The van der Waals surface area contributed by atoms with Crippen LogP contribution in [0.15, 0.2) is 11.0 Å². The van der Waals surface area contributed by atoms with Gasteiger partial charge in [-0.25, -0.2) is 17.2 Å². The van der Waals surface area contributed by atoms with Crippen LogP contribution in [0, 0.1) is 11.6 Å². The van der Waals surface area contributed by atoms with Crippen molar-refractivity contribution in [1.29, 1.82) is 0 Å². The molecule has 8 heteroatoms. The molecule has 1 rings (SSSR count). The number of rotatable bonds is 1. The van der Waals surface area contributed by atoms with Crippen LogP contribution < -0.4 is 0 Å². The minimum absolute atomic E-state index is 0.362. The van der Waals surface area contributed by atoms with E-state index in [1.807, 2.05) is 0 Å². The molecule has 0 saturated carbocycles. The first-order valence-corrected chi connectivity index (χ1v) is 5.75. The molecule has 0 unspecified atom stereocenters. The van der Waals surface area contributed by atoms with Gasteiger partial charge in [-0.05, 0) is 0 Å². The van der Waals surface area contributed by atoms with E-state index >= 15 is 0 Å². The summed E-state index contributed by atoms with van der Waals surface area (Å²) in [5, 5.41) is 7.89. The van der Waals surface area contributed by atoms with Crippen LogP contribution in [0.5, 0.6) is 5.75 Å². The third-order valence-electron chi connectivity index (χ3n) is 1.34. The highest BCUT2D eigenvalue weighted by Gasteiger charge is 2.26. The van der Waals surface area contributed by atoms with E-state index in [0.717, 1.165) is 0 Å². The lowest BCUT2D eigenvalue weighted by molar-refractivity contribution is 0.437. The molecule has 0 aliphatic carbocycles. The molecule has 1 aromatic rings. The van der Waals surface area contributed by atoms with Crippen molar-refractivity contribution in [3.8, 4) is 5.75 Å². The second-order valence-electron chi connectivity index (χ2n) is 2.27. The van der Waals surface area contributed by atoms with Crippen molar-refractivity contribution in [2.24, 2.45) is 0 Å². The van der Waals surface area contributed by atoms with E-state index in [4.69, 9.17) is 27.4 Å². The Labute approximate surface area is 87.3 Å². The summed E-state index contributed by atoms with van der Waals surface area (Å²) in [6, 6.07) is 0.362. The van der Waals surface area contributed by atoms with Crippen LogP contribution >= 0.6 is 22.3 Å². The van der Waals surface area contributed by atoms with Gasteiger partial charge >= 0.3 is 0 Å². The molecule has 0 heterocycles. The number of halogens is 4. The van der Waals surface area contributed by atoms with Crippen molar-refractivity contribution >= 4 is 31.3 Å². The number of phenols is 1. The van der Waals surface area contributed by atoms with Gasteiger partial charge in [0.25, 0.3) is 9.05 Å². The van der Waals surface area contributed by atoms with Gasteiger partial charge in [-0.15, -0.1) is 0 Å². The van der Waals surface area contributed by atoms with Gasteiger partial charge in [0.1, 0.15) is 16.6 Å². The summed E-state index contributed by atoms with van der Waals surface area (Å²) < 4.78 is 47.1. The van der Waals surface area contributed by atoms with Gasteiger partial charge in [-0.1, -0.05) is 11.6 Å². The van der Waals surface area contributed by atoms with Crippen LogP contribution in [0.3, 0.4) is 0 Å². The van der Waals surface area contributed by atoms with Gasteiger partial charge < -0.3 is 5.11 Å². The first-order valence-electron chi connectivity index (χ1n) is 3.06. The number of aromatic hydroxyl groups is 1. The molecule has 0 aliphatic heterocycles. The molecule has 0 bridgehead atoms. The monoisotopic (exact) mass is 262 g/mol. The number of benzene rings is 1. The maximum atomic E-state index is 13.0. The Morgan fingerprint density at radius 1 is 1.36 bits per heavy atom. The Morgan fingerprint density at radius 3 is 2.29 bits per heavy atom. The maximum Gasteiger partial charge on any atom is 0.267 e. The zero-order chi connectivity index (χ0) is 11.1. The molecule has 0 aromatic heterocycles. The molecule has 0 amide bonds. The van der Waals surface area contributed by atoms with Crippen LogP contribution in [0.4, 0.5) is 8.78 Å². The summed E-state index contributed by atoms with van der Waals surface area (Å²) in [5.74, 6) is -4.01. The molecule has 0 atom stereocenters. The average molecular weight is 263 g/mol. The largest absolute Gasteiger partial charge is 0.506 e. The van der Waals surface area contributed by atoms with Crippen LogP contribution in [-0.2, 0) is 9.05 Å². The fourth-order valence-corrected chi connectivity index (χ4v) is 2.07. The summed E-state index contributed by atoms with van der Waals surface area (Å²) >= 11 is 5.08. The van der Waals surface area contributed by atoms with Crippen LogP contribution in [0.25, 0.3) is 0 Å². The molecule has 0 saturated heterocycles. The van der Waals surface area contributed by atoms with Crippen molar-refractivity contribution < 1.29 is 22.3 Å². The standard InChI is InChI=1S/C6H2Cl2F2O3S/c7-4-2(9)1-3(11)6(5(4)10)14(8,12)13/h1,11H. The summed E-state index contributed by atoms with van der Waals surface area (Å²) in [4.78, 5) is -1.23. The summed E-state index contributed by atoms with van der Waals surface area (Å²) in [5.41, 5.74) is 0. The Morgan fingerprint density at radius 2 is 1.86 bits per heavy atom. The average Bonchev–Trinajstić information content (AvgIpc) is 1.97. The molecule has 0 aliphatic rings. The van der Waals surface area contributed by atoms with E-state index in [0.29, 0.717) is 6.07 Å². The summed E-state index contributed by atoms with van der Waals surface area (Å²) in [6.07, 6.45) is 0.